The molecule has 0 spiro atoms. The quantitative estimate of drug-likeness (QED) is 0.577. The fraction of sp³-hybridized carbons (Fsp3) is 0.750. The van der Waals surface area contributed by atoms with Crippen molar-refractivity contribution >= 4 is 5.91 Å². The molecular weight excluding hydrogens is 126 g/mol. The van der Waals surface area contributed by atoms with Gasteiger partial charge >= 0.3 is 0 Å². The predicted molar refractivity (Wildman–Crippen MR) is 40.4 cm³/mol. The molecule has 1 saturated heterocycles. The lowest BCUT2D eigenvalue weighted by atomic mass is 10.1. The molecule has 0 atom stereocenters. The van der Waals surface area contributed by atoms with Crippen LogP contribution in [0, 0.1) is 6.92 Å². The van der Waals surface area contributed by atoms with E-state index in [2.05, 4.69) is 6.92 Å². The van der Waals surface area contributed by atoms with E-state index in [9.17, 15) is 4.79 Å². The molecule has 2 nitrogen and oxygen atoms in total. The van der Waals surface area contributed by atoms with Crippen LogP contribution >= 0.6 is 0 Å². The first-order valence-corrected chi connectivity index (χ1v) is 3.91. The summed E-state index contributed by atoms with van der Waals surface area (Å²) in [6.07, 6.45) is 3.70. The summed E-state index contributed by atoms with van der Waals surface area (Å²) in [5, 5.41) is 0. The van der Waals surface area contributed by atoms with Crippen molar-refractivity contribution in [3.8, 4) is 0 Å². The zero-order valence-corrected chi connectivity index (χ0v) is 6.31. The summed E-state index contributed by atoms with van der Waals surface area (Å²) in [7, 11) is 0. The van der Waals surface area contributed by atoms with Crippen molar-refractivity contribution in [3.05, 3.63) is 6.92 Å². The third-order valence-corrected chi connectivity index (χ3v) is 1.85. The molecular formula is C8H14NO. The number of hydrogen-bond acceptors (Lipinski definition) is 1. The van der Waals surface area contributed by atoms with Gasteiger partial charge in [0, 0.05) is 19.5 Å². The van der Waals surface area contributed by atoms with E-state index >= 15 is 0 Å². The second-order valence-corrected chi connectivity index (χ2v) is 2.69. The molecule has 1 aliphatic rings. The van der Waals surface area contributed by atoms with Crippen LogP contribution in [0.1, 0.15) is 25.7 Å². The predicted octanol–water partition coefficient (Wildman–Crippen LogP) is 1.22. The molecule has 0 unspecified atom stereocenters. The van der Waals surface area contributed by atoms with E-state index in [-0.39, 0.29) is 0 Å². The van der Waals surface area contributed by atoms with E-state index in [4.69, 9.17) is 0 Å². The number of unbranched alkanes of at least 4 members (excludes halogenated alkanes) is 1. The highest BCUT2D eigenvalue weighted by molar-refractivity contribution is 5.76. The molecule has 0 aromatic carbocycles. The highest BCUT2D eigenvalue weighted by Gasteiger charge is 2.18. The number of amides is 1. The summed E-state index contributed by atoms with van der Waals surface area (Å²) in [5.74, 6) is 0.315. The number of nitrogens with zero attached hydrogens (tertiary/aromatic N) is 1. The van der Waals surface area contributed by atoms with Crippen LogP contribution in [0.4, 0.5) is 0 Å². The second kappa shape index (κ2) is 3.59. The zero-order chi connectivity index (χ0) is 7.40. The van der Waals surface area contributed by atoms with Gasteiger partial charge in [-0.25, -0.2) is 0 Å². The standard InChI is InChI=1S/C8H14NO/c1-2-3-5-8(10)9-6-4-7-9/h1-7H2. The monoisotopic (exact) mass is 140 g/mol. The van der Waals surface area contributed by atoms with Gasteiger partial charge in [0.05, 0.1) is 0 Å². The van der Waals surface area contributed by atoms with Gasteiger partial charge in [0.15, 0.2) is 0 Å². The average molecular weight is 140 g/mol. The van der Waals surface area contributed by atoms with Crippen LogP contribution in [0.25, 0.3) is 0 Å². The van der Waals surface area contributed by atoms with Gasteiger partial charge in [-0.2, -0.15) is 0 Å². The van der Waals surface area contributed by atoms with Gasteiger partial charge in [-0.05, 0) is 12.8 Å². The Morgan fingerprint density at radius 2 is 2.20 bits per heavy atom. The third kappa shape index (κ3) is 1.72. The molecule has 1 aliphatic heterocycles. The van der Waals surface area contributed by atoms with Gasteiger partial charge in [0.2, 0.25) is 5.91 Å². The normalized spacial score (nSPS) is 16.7. The Morgan fingerprint density at radius 3 is 2.60 bits per heavy atom. The Balaban J connectivity index is 2.08. The van der Waals surface area contributed by atoms with Crippen molar-refractivity contribution in [3.63, 3.8) is 0 Å². The van der Waals surface area contributed by atoms with Gasteiger partial charge in [-0.1, -0.05) is 13.3 Å². The topological polar surface area (TPSA) is 20.3 Å². The third-order valence-electron chi connectivity index (χ3n) is 1.85. The molecule has 1 fully saturated rings. The second-order valence-electron chi connectivity index (χ2n) is 2.69. The van der Waals surface area contributed by atoms with Crippen molar-refractivity contribution in [1.29, 1.82) is 0 Å². The fourth-order valence-electron chi connectivity index (χ4n) is 1.000. The molecule has 10 heavy (non-hydrogen) atoms. The molecule has 0 N–H and O–H groups in total. The van der Waals surface area contributed by atoms with E-state index in [0.717, 1.165) is 25.9 Å². The molecule has 2 heteroatoms. The number of hydrogen-bond donors (Lipinski definition) is 0. The number of carbonyl (C=O) groups is 1. The first-order chi connectivity index (χ1) is 4.84. The van der Waals surface area contributed by atoms with Gasteiger partial charge in [0.1, 0.15) is 0 Å². The van der Waals surface area contributed by atoms with Crippen molar-refractivity contribution in [1.82, 2.24) is 4.90 Å². The SMILES string of the molecule is [CH2]CCCC(=O)N1CCC1. The summed E-state index contributed by atoms with van der Waals surface area (Å²) < 4.78 is 0. The maximum Gasteiger partial charge on any atom is 0.222 e. The molecule has 0 bridgehead atoms. The lowest BCUT2D eigenvalue weighted by molar-refractivity contribution is -0.134. The van der Waals surface area contributed by atoms with Crippen LogP contribution in [0.3, 0.4) is 0 Å². The van der Waals surface area contributed by atoms with Crippen molar-refractivity contribution in [2.24, 2.45) is 0 Å². The van der Waals surface area contributed by atoms with Gasteiger partial charge in [-0.15, -0.1) is 0 Å². The van der Waals surface area contributed by atoms with Gasteiger partial charge in [0.25, 0.3) is 0 Å². The Hall–Kier alpha value is -0.530. The highest BCUT2D eigenvalue weighted by Crippen LogP contribution is 2.09. The Bertz CT molecular complexity index is 118. The van der Waals surface area contributed by atoms with Crippen molar-refractivity contribution in [2.75, 3.05) is 13.1 Å². The molecule has 1 heterocycles. The summed E-state index contributed by atoms with van der Waals surface area (Å²) in [6, 6.07) is 0. The fourth-order valence-corrected chi connectivity index (χ4v) is 1.000. The van der Waals surface area contributed by atoms with Crippen LogP contribution in [0.5, 0.6) is 0 Å². The molecule has 0 aliphatic carbocycles. The molecule has 0 aromatic heterocycles. The number of likely N-dealkylation sites (tertiary alicyclic amines) is 1. The van der Waals surface area contributed by atoms with Crippen LogP contribution < -0.4 is 0 Å². The minimum atomic E-state index is 0.315. The minimum Gasteiger partial charge on any atom is -0.343 e. The van der Waals surface area contributed by atoms with Gasteiger partial charge < -0.3 is 4.90 Å². The molecule has 1 rings (SSSR count). The van der Waals surface area contributed by atoms with E-state index in [1.54, 1.807) is 0 Å². The van der Waals surface area contributed by atoms with Crippen LogP contribution in [0.2, 0.25) is 0 Å². The molecule has 1 radical (unpaired) electrons. The zero-order valence-electron chi connectivity index (χ0n) is 6.31. The van der Waals surface area contributed by atoms with Crippen LogP contribution in [-0.2, 0) is 4.79 Å². The lowest BCUT2D eigenvalue weighted by Gasteiger charge is -2.30. The molecule has 57 valence electrons. The van der Waals surface area contributed by atoms with Crippen LogP contribution in [0.15, 0.2) is 0 Å². The maximum atomic E-state index is 11.1. The Kier molecular flexibility index (Phi) is 2.72. The smallest absolute Gasteiger partial charge is 0.222 e. The largest absolute Gasteiger partial charge is 0.343 e. The van der Waals surface area contributed by atoms with E-state index in [0.29, 0.717) is 12.3 Å². The Labute approximate surface area is 62.2 Å². The van der Waals surface area contributed by atoms with E-state index in [1.165, 1.54) is 6.42 Å². The minimum absolute atomic E-state index is 0.315. The van der Waals surface area contributed by atoms with Crippen molar-refractivity contribution in [2.45, 2.75) is 25.7 Å². The molecule has 0 aromatic rings. The lowest BCUT2D eigenvalue weighted by Crippen LogP contribution is -2.41. The van der Waals surface area contributed by atoms with E-state index < -0.39 is 0 Å². The number of rotatable bonds is 3. The highest BCUT2D eigenvalue weighted by atomic mass is 16.2. The first-order valence-electron chi connectivity index (χ1n) is 3.91. The van der Waals surface area contributed by atoms with E-state index in [1.807, 2.05) is 4.90 Å². The first kappa shape index (κ1) is 7.58. The number of carbonyl (C=O) groups excluding carboxylic acids is 1. The average Bonchev–Trinajstić information content (AvgIpc) is 1.79. The van der Waals surface area contributed by atoms with Crippen molar-refractivity contribution < 1.29 is 4.79 Å². The summed E-state index contributed by atoms with van der Waals surface area (Å²) in [4.78, 5) is 13.0. The van der Waals surface area contributed by atoms with Crippen LogP contribution in [-0.4, -0.2) is 23.9 Å². The molecule has 0 saturated carbocycles. The maximum absolute atomic E-state index is 11.1. The Morgan fingerprint density at radius 1 is 1.50 bits per heavy atom. The van der Waals surface area contributed by atoms with Gasteiger partial charge in [-0.3, -0.25) is 4.79 Å². The summed E-state index contributed by atoms with van der Waals surface area (Å²) >= 11 is 0. The summed E-state index contributed by atoms with van der Waals surface area (Å²) in [5.41, 5.74) is 0. The molecule has 1 amide bonds. The summed E-state index contributed by atoms with van der Waals surface area (Å²) in [6.45, 7) is 5.65.